The first kappa shape index (κ1) is 13.7. The quantitative estimate of drug-likeness (QED) is 0.858. The van der Waals surface area contributed by atoms with Gasteiger partial charge in [0.25, 0.3) is 0 Å². The third-order valence-electron chi connectivity index (χ3n) is 4.02. The molecule has 1 aliphatic carbocycles. The molecule has 1 spiro atoms. The maximum Gasteiger partial charge on any atom is 0.329 e. The Balaban J connectivity index is 1.93. The van der Waals surface area contributed by atoms with E-state index in [4.69, 9.17) is 23.2 Å². The molecular weight excluding hydrogens is 299 g/mol. The second-order valence-electron chi connectivity index (χ2n) is 5.42. The largest absolute Gasteiger partial charge is 0.331 e. The molecule has 0 radical (unpaired) electrons. The molecule has 2 aliphatic rings. The number of amides is 3. The smallest absolute Gasteiger partial charge is 0.329 e. The molecular formula is C14H14Cl2N2O2. The molecule has 1 heterocycles. The normalized spacial score (nSPS) is 21.4. The Hall–Kier alpha value is -1.26. The lowest BCUT2D eigenvalue weighted by atomic mass is 9.90. The molecule has 1 saturated carbocycles. The van der Waals surface area contributed by atoms with Crippen molar-refractivity contribution in [1.29, 1.82) is 0 Å². The van der Waals surface area contributed by atoms with Gasteiger partial charge in [0.1, 0.15) is 0 Å². The van der Waals surface area contributed by atoms with E-state index in [1.807, 2.05) is 0 Å². The summed E-state index contributed by atoms with van der Waals surface area (Å²) >= 11 is 12.0. The van der Waals surface area contributed by atoms with E-state index in [9.17, 15) is 9.59 Å². The van der Waals surface area contributed by atoms with Gasteiger partial charge < -0.3 is 5.32 Å². The summed E-state index contributed by atoms with van der Waals surface area (Å²) < 4.78 is 0. The van der Waals surface area contributed by atoms with Gasteiger partial charge in [-0.2, -0.15) is 0 Å². The molecule has 2 fully saturated rings. The van der Waals surface area contributed by atoms with Gasteiger partial charge in [0.15, 0.2) is 0 Å². The van der Waals surface area contributed by atoms with Crippen molar-refractivity contribution >= 4 is 40.8 Å². The Labute approximate surface area is 127 Å². The van der Waals surface area contributed by atoms with E-state index in [1.165, 1.54) is 6.07 Å². The third kappa shape index (κ3) is 2.27. The van der Waals surface area contributed by atoms with E-state index in [0.717, 1.165) is 30.6 Å². The maximum absolute atomic E-state index is 12.4. The van der Waals surface area contributed by atoms with E-state index in [2.05, 4.69) is 5.32 Å². The number of urea groups is 1. The van der Waals surface area contributed by atoms with E-state index in [-0.39, 0.29) is 11.4 Å². The zero-order valence-electron chi connectivity index (χ0n) is 10.8. The standard InChI is InChI=1S/C14H14Cl2N2O2/c15-9-3-4-10(16)11(7-9)18-12(19)8-14(17-13(18)20)5-1-2-6-14/h3-4,7H,1-2,5-6,8H2,(H,17,20). The van der Waals surface area contributed by atoms with Gasteiger partial charge in [-0.05, 0) is 31.0 Å². The number of benzene rings is 1. The molecule has 106 valence electrons. The molecule has 0 bridgehead atoms. The fraction of sp³-hybridized carbons (Fsp3) is 0.429. The molecule has 0 aromatic heterocycles. The Morgan fingerprint density at radius 3 is 2.50 bits per heavy atom. The second-order valence-corrected chi connectivity index (χ2v) is 6.26. The number of imide groups is 1. The lowest BCUT2D eigenvalue weighted by molar-refractivity contribution is -0.120. The third-order valence-corrected chi connectivity index (χ3v) is 4.58. The van der Waals surface area contributed by atoms with Crippen LogP contribution in [0.5, 0.6) is 0 Å². The molecule has 6 heteroatoms. The van der Waals surface area contributed by atoms with Crippen LogP contribution in [-0.2, 0) is 4.79 Å². The summed E-state index contributed by atoms with van der Waals surface area (Å²) in [5, 5.41) is 3.75. The topological polar surface area (TPSA) is 49.4 Å². The van der Waals surface area contributed by atoms with E-state index < -0.39 is 6.03 Å². The monoisotopic (exact) mass is 312 g/mol. The number of rotatable bonds is 1. The van der Waals surface area contributed by atoms with Gasteiger partial charge in [0, 0.05) is 5.02 Å². The molecule has 3 rings (SSSR count). The zero-order valence-corrected chi connectivity index (χ0v) is 12.3. The minimum Gasteiger partial charge on any atom is -0.331 e. The Morgan fingerprint density at radius 2 is 1.85 bits per heavy atom. The van der Waals surface area contributed by atoms with E-state index in [0.29, 0.717) is 22.2 Å². The predicted octanol–water partition coefficient (Wildman–Crippen LogP) is 3.75. The van der Waals surface area contributed by atoms with Crippen LogP contribution in [0.4, 0.5) is 10.5 Å². The van der Waals surface area contributed by atoms with Crippen LogP contribution < -0.4 is 10.2 Å². The van der Waals surface area contributed by atoms with Crippen LogP contribution >= 0.6 is 23.2 Å². The lowest BCUT2D eigenvalue weighted by Gasteiger charge is -2.38. The van der Waals surface area contributed by atoms with Crippen molar-refractivity contribution in [2.24, 2.45) is 0 Å². The second kappa shape index (κ2) is 4.93. The van der Waals surface area contributed by atoms with Gasteiger partial charge in [0.05, 0.1) is 22.7 Å². The first-order valence-electron chi connectivity index (χ1n) is 6.61. The van der Waals surface area contributed by atoms with Crippen molar-refractivity contribution in [2.45, 2.75) is 37.6 Å². The van der Waals surface area contributed by atoms with Gasteiger partial charge in [-0.3, -0.25) is 4.79 Å². The maximum atomic E-state index is 12.4. The fourth-order valence-electron chi connectivity index (χ4n) is 3.06. The fourth-order valence-corrected chi connectivity index (χ4v) is 3.43. The highest BCUT2D eigenvalue weighted by Gasteiger charge is 2.45. The summed E-state index contributed by atoms with van der Waals surface area (Å²) in [4.78, 5) is 25.8. The first-order chi connectivity index (χ1) is 9.51. The van der Waals surface area contributed by atoms with Crippen LogP contribution in [0.1, 0.15) is 32.1 Å². The van der Waals surface area contributed by atoms with Crippen LogP contribution in [0.2, 0.25) is 10.0 Å². The van der Waals surface area contributed by atoms with Crippen LogP contribution in [-0.4, -0.2) is 17.5 Å². The highest BCUT2D eigenvalue weighted by molar-refractivity contribution is 6.37. The molecule has 1 N–H and O–H groups in total. The zero-order chi connectivity index (χ0) is 14.3. The number of nitrogens with zero attached hydrogens (tertiary/aromatic N) is 1. The van der Waals surface area contributed by atoms with Gasteiger partial charge in [-0.15, -0.1) is 0 Å². The van der Waals surface area contributed by atoms with Crippen molar-refractivity contribution in [3.63, 3.8) is 0 Å². The van der Waals surface area contributed by atoms with Crippen molar-refractivity contribution in [2.75, 3.05) is 4.90 Å². The van der Waals surface area contributed by atoms with E-state index >= 15 is 0 Å². The molecule has 1 saturated heterocycles. The number of nitrogens with one attached hydrogen (secondary N) is 1. The van der Waals surface area contributed by atoms with Gasteiger partial charge in [0.2, 0.25) is 5.91 Å². The summed E-state index contributed by atoms with van der Waals surface area (Å²) in [6, 6.07) is 4.33. The van der Waals surface area contributed by atoms with Crippen LogP contribution in [0.3, 0.4) is 0 Å². The number of carbonyl (C=O) groups is 2. The van der Waals surface area contributed by atoms with Gasteiger partial charge in [-0.25, -0.2) is 9.69 Å². The number of anilines is 1. The summed E-state index contributed by atoms with van der Waals surface area (Å²) in [5.41, 5.74) is -0.00933. The molecule has 1 aliphatic heterocycles. The van der Waals surface area contributed by atoms with Gasteiger partial charge >= 0.3 is 6.03 Å². The van der Waals surface area contributed by atoms with Gasteiger partial charge in [-0.1, -0.05) is 36.0 Å². The molecule has 1 aromatic rings. The number of halogens is 2. The average Bonchev–Trinajstić information content (AvgIpc) is 2.80. The number of hydrogen-bond donors (Lipinski definition) is 1. The van der Waals surface area contributed by atoms with Crippen LogP contribution in [0.25, 0.3) is 0 Å². The number of carbonyl (C=O) groups excluding carboxylic acids is 2. The van der Waals surface area contributed by atoms with Crippen molar-refractivity contribution < 1.29 is 9.59 Å². The summed E-state index contributed by atoms with van der Waals surface area (Å²) in [7, 11) is 0. The molecule has 0 atom stereocenters. The molecule has 4 nitrogen and oxygen atoms in total. The van der Waals surface area contributed by atoms with Crippen molar-refractivity contribution in [1.82, 2.24) is 5.32 Å². The Morgan fingerprint density at radius 1 is 1.15 bits per heavy atom. The summed E-state index contributed by atoms with van der Waals surface area (Å²) in [6.07, 6.45) is 4.14. The van der Waals surface area contributed by atoms with Crippen molar-refractivity contribution in [3.8, 4) is 0 Å². The molecule has 20 heavy (non-hydrogen) atoms. The first-order valence-corrected chi connectivity index (χ1v) is 7.37. The van der Waals surface area contributed by atoms with Crippen LogP contribution in [0.15, 0.2) is 18.2 Å². The van der Waals surface area contributed by atoms with Crippen LogP contribution in [0, 0.1) is 0 Å². The predicted molar refractivity (Wildman–Crippen MR) is 78.3 cm³/mol. The Bertz CT molecular complexity index is 563. The molecule has 3 amide bonds. The molecule has 0 unspecified atom stereocenters. The minimum atomic E-state index is -0.410. The highest BCUT2D eigenvalue weighted by atomic mass is 35.5. The SMILES string of the molecule is O=C1CC2(CCCC2)NC(=O)N1c1cc(Cl)ccc1Cl. The molecule has 1 aromatic carbocycles. The van der Waals surface area contributed by atoms with Crippen molar-refractivity contribution in [3.05, 3.63) is 28.2 Å². The minimum absolute atomic E-state index is 0.222. The summed E-state index contributed by atoms with van der Waals surface area (Å²) in [5.74, 6) is -0.222. The highest BCUT2D eigenvalue weighted by Crippen LogP contribution is 2.38. The lowest BCUT2D eigenvalue weighted by Crippen LogP contribution is -2.61. The Kier molecular flexibility index (Phi) is 3.38. The average molecular weight is 313 g/mol. The van der Waals surface area contributed by atoms with E-state index in [1.54, 1.807) is 12.1 Å². The number of hydrogen-bond acceptors (Lipinski definition) is 2. The summed E-state index contributed by atoms with van der Waals surface area (Å²) in [6.45, 7) is 0.